The number of nitrogens with zero attached hydrogens (tertiary/aromatic N) is 2. The second-order valence-electron chi connectivity index (χ2n) is 4.96. The molecule has 1 aliphatic rings. The van der Waals surface area contributed by atoms with Gasteiger partial charge in [0, 0.05) is 17.6 Å². The smallest absolute Gasteiger partial charge is 0.170 e. The van der Waals surface area contributed by atoms with Gasteiger partial charge in [-0.15, -0.1) is 11.3 Å². The number of thiocarbonyl (C=S) groups is 1. The summed E-state index contributed by atoms with van der Waals surface area (Å²) in [5, 5.41) is 4.27. The largest absolute Gasteiger partial charge is 0.352 e. The van der Waals surface area contributed by atoms with Crippen LogP contribution in [0.3, 0.4) is 0 Å². The first-order chi connectivity index (χ1) is 10.2. The summed E-state index contributed by atoms with van der Waals surface area (Å²) in [4.78, 5) is 8.11. The molecule has 0 aromatic carbocycles. The van der Waals surface area contributed by atoms with Crippen LogP contribution < -0.4 is 5.32 Å². The summed E-state index contributed by atoms with van der Waals surface area (Å²) in [5.74, 6) is 0. The van der Waals surface area contributed by atoms with Crippen LogP contribution in [0, 0.1) is 0 Å². The number of hydrogen-bond acceptors (Lipinski definition) is 3. The Morgan fingerprint density at radius 1 is 1.38 bits per heavy atom. The van der Waals surface area contributed by atoms with Gasteiger partial charge < -0.3 is 10.2 Å². The first-order valence-corrected chi connectivity index (χ1v) is 8.95. The molecular formula is C15H16BrN3S2. The minimum atomic E-state index is 0.107. The molecule has 0 unspecified atom stereocenters. The molecule has 2 aromatic heterocycles. The molecular weight excluding hydrogens is 366 g/mol. The van der Waals surface area contributed by atoms with Gasteiger partial charge in [0.05, 0.1) is 21.6 Å². The fourth-order valence-electron chi connectivity index (χ4n) is 2.68. The molecule has 21 heavy (non-hydrogen) atoms. The lowest BCUT2D eigenvalue weighted by atomic mass is 10.0. The third kappa shape index (κ3) is 2.98. The van der Waals surface area contributed by atoms with Crippen molar-refractivity contribution in [2.45, 2.75) is 25.4 Å². The van der Waals surface area contributed by atoms with E-state index in [4.69, 9.17) is 12.2 Å². The highest BCUT2D eigenvalue weighted by atomic mass is 79.9. The van der Waals surface area contributed by atoms with Crippen molar-refractivity contribution in [3.63, 3.8) is 0 Å². The van der Waals surface area contributed by atoms with E-state index in [0.29, 0.717) is 0 Å². The average molecular weight is 382 g/mol. The van der Waals surface area contributed by atoms with Crippen LogP contribution in [0.4, 0.5) is 0 Å². The van der Waals surface area contributed by atoms with Gasteiger partial charge in [-0.25, -0.2) is 0 Å². The summed E-state index contributed by atoms with van der Waals surface area (Å²) in [6.45, 7) is 3.13. The molecule has 6 heteroatoms. The topological polar surface area (TPSA) is 28.2 Å². The molecule has 0 saturated carbocycles. The van der Waals surface area contributed by atoms with E-state index < -0.39 is 0 Å². The molecule has 0 bridgehead atoms. The normalized spacial score (nSPS) is 21.6. The van der Waals surface area contributed by atoms with Gasteiger partial charge in [-0.3, -0.25) is 4.98 Å². The Hall–Kier alpha value is -0.980. The molecule has 3 heterocycles. The Bertz CT molecular complexity index is 629. The van der Waals surface area contributed by atoms with Gasteiger partial charge in [0.15, 0.2) is 5.11 Å². The lowest BCUT2D eigenvalue weighted by molar-refractivity contribution is 0.322. The van der Waals surface area contributed by atoms with Crippen LogP contribution in [-0.4, -0.2) is 21.5 Å². The maximum atomic E-state index is 5.55. The fraction of sp³-hybridized carbons (Fsp3) is 0.333. The van der Waals surface area contributed by atoms with E-state index in [1.807, 2.05) is 18.3 Å². The number of nitrogens with one attached hydrogen (secondary N) is 1. The van der Waals surface area contributed by atoms with Crippen molar-refractivity contribution in [2.75, 3.05) is 6.54 Å². The molecule has 0 amide bonds. The Morgan fingerprint density at radius 2 is 2.24 bits per heavy atom. The summed E-state index contributed by atoms with van der Waals surface area (Å²) in [7, 11) is 0. The number of rotatable bonds is 4. The van der Waals surface area contributed by atoms with Gasteiger partial charge in [0.25, 0.3) is 0 Å². The van der Waals surface area contributed by atoms with Crippen molar-refractivity contribution in [1.29, 1.82) is 0 Å². The van der Waals surface area contributed by atoms with Crippen LogP contribution in [0.25, 0.3) is 0 Å². The van der Waals surface area contributed by atoms with Crippen LogP contribution in [0.1, 0.15) is 36.0 Å². The zero-order valence-electron chi connectivity index (χ0n) is 11.6. The highest BCUT2D eigenvalue weighted by Crippen LogP contribution is 2.42. The lowest BCUT2D eigenvalue weighted by Crippen LogP contribution is -2.29. The predicted octanol–water partition coefficient (Wildman–Crippen LogP) is 4.29. The first kappa shape index (κ1) is 14.9. The summed E-state index contributed by atoms with van der Waals surface area (Å²) in [6, 6.07) is 10.6. The number of pyridine rings is 1. The molecule has 2 atom stereocenters. The van der Waals surface area contributed by atoms with Gasteiger partial charge in [-0.1, -0.05) is 13.0 Å². The van der Waals surface area contributed by atoms with Gasteiger partial charge in [0.2, 0.25) is 0 Å². The number of halogens is 1. The lowest BCUT2D eigenvalue weighted by Gasteiger charge is -2.26. The highest BCUT2D eigenvalue weighted by molar-refractivity contribution is 9.11. The molecule has 1 fully saturated rings. The Morgan fingerprint density at radius 3 is 2.86 bits per heavy atom. The third-order valence-corrected chi connectivity index (χ3v) is 5.59. The quantitative estimate of drug-likeness (QED) is 0.799. The zero-order valence-corrected chi connectivity index (χ0v) is 14.8. The van der Waals surface area contributed by atoms with Crippen molar-refractivity contribution in [1.82, 2.24) is 15.2 Å². The molecule has 0 radical (unpaired) electrons. The van der Waals surface area contributed by atoms with Crippen molar-refractivity contribution in [2.24, 2.45) is 0 Å². The maximum absolute atomic E-state index is 5.55. The van der Waals surface area contributed by atoms with Gasteiger partial charge in [0.1, 0.15) is 0 Å². The second kappa shape index (κ2) is 6.42. The zero-order chi connectivity index (χ0) is 14.8. The SMILES string of the molecule is CCCN1C(=S)N[C@@H](c2ccccn2)[C@H]1c1ccc(Br)s1. The molecule has 1 saturated heterocycles. The Labute approximate surface area is 142 Å². The highest BCUT2D eigenvalue weighted by Gasteiger charge is 2.39. The second-order valence-corrected chi connectivity index (χ2v) is 7.84. The van der Waals surface area contributed by atoms with Crippen molar-refractivity contribution >= 4 is 44.6 Å². The molecule has 0 aliphatic carbocycles. The molecule has 110 valence electrons. The molecule has 3 nitrogen and oxygen atoms in total. The number of thiophene rings is 1. The minimum Gasteiger partial charge on any atom is -0.352 e. The van der Waals surface area contributed by atoms with Crippen LogP contribution in [0.15, 0.2) is 40.3 Å². The fourth-order valence-corrected chi connectivity index (χ4v) is 4.59. The third-order valence-electron chi connectivity index (χ3n) is 3.55. The van der Waals surface area contributed by atoms with Gasteiger partial charge in [-0.05, 0) is 58.8 Å². The molecule has 3 rings (SSSR count). The van der Waals surface area contributed by atoms with E-state index in [9.17, 15) is 0 Å². The first-order valence-electron chi connectivity index (χ1n) is 6.94. The van der Waals surface area contributed by atoms with E-state index in [2.05, 4.69) is 56.3 Å². The molecule has 1 aliphatic heterocycles. The van der Waals surface area contributed by atoms with E-state index >= 15 is 0 Å². The average Bonchev–Trinajstić information content (AvgIpc) is 3.05. The van der Waals surface area contributed by atoms with E-state index in [-0.39, 0.29) is 12.1 Å². The van der Waals surface area contributed by atoms with Crippen LogP contribution in [0.2, 0.25) is 0 Å². The summed E-state index contributed by atoms with van der Waals surface area (Å²) in [5.41, 5.74) is 1.04. The van der Waals surface area contributed by atoms with Gasteiger partial charge in [-0.2, -0.15) is 0 Å². The monoisotopic (exact) mass is 381 g/mol. The molecule has 2 aromatic rings. The molecule has 0 spiro atoms. The Kier molecular flexibility index (Phi) is 4.57. The minimum absolute atomic E-state index is 0.107. The van der Waals surface area contributed by atoms with Crippen LogP contribution >= 0.6 is 39.5 Å². The number of hydrogen-bond donors (Lipinski definition) is 1. The summed E-state index contributed by atoms with van der Waals surface area (Å²) < 4.78 is 1.14. The number of aromatic nitrogens is 1. The van der Waals surface area contributed by atoms with Crippen molar-refractivity contribution in [3.05, 3.63) is 50.9 Å². The molecule has 1 N–H and O–H groups in total. The summed E-state index contributed by atoms with van der Waals surface area (Å²) in [6.07, 6.45) is 2.91. The van der Waals surface area contributed by atoms with Crippen molar-refractivity contribution in [3.8, 4) is 0 Å². The maximum Gasteiger partial charge on any atom is 0.170 e. The van der Waals surface area contributed by atoms with Gasteiger partial charge >= 0.3 is 0 Å². The van der Waals surface area contributed by atoms with E-state index in [1.165, 1.54) is 4.88 Å². The predicted molar refractivity (Wildman–Crippen MR) is 94.5 cm³/mol. The summed E-state index contributed by atoms with van der Waals surface area (Å²) >= 11 is 10.9. The van der Waals surface area contributed by atoms with Crippen LogP contribution in [0.5, 0.6) is 0 Å². The van der Waals surface area contributed by atoms with E-state index in [1.54, 1.807) is 11.3 Å². The standard InChI is InChI=1S/C15H16BrN3S2/c1-2-9-19-14(11-6-7-12(16)21-11)13(18-15(19)20)10-5-3-4-8-17-10/h3-8,13-14H,2,9H2,1H3,(H,18,20)/t13-,14+/m0/s1. The Balaban J connectivity index is 2.00. The van der Waals surface area contributed by atoms with E-state index in [0.717, 1.165) is 27.6 Å². The van der Waals surface area contributed by atoms with Crippen LogP contribution in [-0.2, 0) is 0 Å². The van der Waals surface area contributed by atoms with Crippen molar-refractivity contribution < 1.29 is 0 Å².